The molecule has 0 radical (unpaired) electrons. The Balaban J connectivity index is 3.99. The Morgan fingerprint density at radius 1 is 1.11 bits per heavy atom. The summed E-state index contributed by atoms with van der Waals surface area (Å²) in [6, 6.07) is 0. The molecule has 2 nitrogen and oxygen atoms in total. The number of rotatable bonds is 8. The molecule has 0 aromatic heterocycles. The number of carbonyl (C=O) groups is 1. The van der Waals surface area contributed by atoms with Crippen molar-refractivity contribution in [2.24, 2.45) is 5.92 Å². The second kappa shape index (κ2) is 6.89. The van der Waals surface area contributed by atoms with Gasteiger partial charge in [-0.2, -0.15) is 13.2 Å². The summed E-state index contributed by atoms with van der Waals surface area (Å²) in [6.07, 6.45) is -7.17. The highest BCUT2D eigenvalue weighted by Gasteiger charge is 2.37. The van der Waals surface area contributed by atoms with Crippen molar-refractivity contribution in [2.45, 2.75) is 57.5 Å². The number of aliphatic carboxylic acids is 1. The molecule has 1 N–H and O–H groups in total. The van der Waals surface area contributed by atoms with Gasteiger partial charge in [-0.25, -0.2) is 8.78 Å². The number of hydrogen-bond donors (Lipinski definition) is 1. The molecule has 0 saturated heterocycles. The summed E-state index contributed by atoms with van der Waals surface area (Å²) in [7, 11) is 0. The highest BCUT2D eigenvalue weighted by molar-refractivity contribution is 5.66. The van der Waals surface area contributed by atoms with Crippen LogP contribution in [-0.4, -0.2) is 23.2 Å². The summed E-state index contributed by atoms with van der Waals surface area (Å²) in [5.41, 5.74) is 0. The van der Waals surface area contributed by atoms with Gasteiger partial charge in [0.15, 0.2) is 0 Å². The minimum atomic E-state index is -4.41. The number of halogens is 5. The van der Waals surface area contributed by atoms with Crippen molar-refractivity contribution >= 4 is 5.97 Å². The fourth-order valence-corrected chi connectivity index (χ4v) is 1.54. The molecule has 108 valence electrons. The monoisotopic (exact) mass is 276 g/mol. The normalized spacial score (nSPS) is 14.6. The third-order valence-corrected chi connectivity index (χ3v) is 2.72. The maximum atomic E-state index is 13.4. The van der Waals surface area contributed by atoms with Crippen molar-refractivity contribution in [3.05, 3.63) is 0 Å². The molecule has 0 heterocycles. The minimum Gasteiger partial charge on any atom is -0.481 e. The van der Waals surface area contributed by atoms with Crippen LogP contribution in [0.4, 0.5) is 22.0 Å². The third kappa shape index (κ3) is 8.25. The van der Waals surface area contributed by atoms with Gasteiger partial charge in [0.25, 0.3) is 5.92 Å². The van der Waals surface area contributed by atoms with E-state index in [0.29, 0.717) is 0 Å². The second-order valence-electron chi connectivity index (χ2n) is 4.42. The van der Waals surface area contributed by atoms with E-state index in [1.807, 2.05) is 0 Å². The van der Waals surface area contributed by atoms with Crippen LogP contribution in [0.3, 0.4) is 0 Å². The zero-order valence-corrected chi connectivity index (χ0v) is 10.1. The summed E-state index contributed by atoms with van der Waals surface area (Å²) in [6.45, 7) is 1.23. The zero-order valence-electron chi connectivity index (χ0n) is 10.1. The van der Waals surface area contributed by atoms with Crippen molar-refractivity contribution in [1.82, 2.24) is 0 Å². The van der Waals surface area contributed by atoms with E-state index in [-0.39, 0.29) is 19.3 Å². The number of hydrogen-bond acceptors (Lipinski definition) is 1. The SMILES string of the molecule is CC(CCCC(=O)O)C(F)(F)CCCC(F)(F)F. The van der Waals surface area contributed by atoms with Crippen molar-refractivity contribution < 1.29 is 31.9 Å². The lowest BCUT2D eigenvalue weighted by atomic mass is 9.93. The summed E-state index contributed by atoms with van der Waals surface area (Å²) in [5, 5.41) is 8.35. The van der Waals surface area contributed by atoms with E-state index in [9.17, 15) is 26.7 Å². The predicted molar refractivity (Wildman–Crippen MR) is 55.5 cm³/mol. The van der Waals surface area contributed by atoms with Gasteiger partial charge in [0.2, 0.25) is 0 Å². The first-order valence-electron chi connectivity index (χ1n) is 5.71. The van der Waals surface area contributed by atoms with E-state index in [1.165, 1.54) is 6.92 Å². The lowest BCUT2D eigenvalue weighted by Gasteiger charge is -2.23. The predicted octanol–water partition coefficient (Wildman–Crippen LogP) is 4.25. The van der Waals surface area contributed by atoms with Crippen LogP contribution in [-0.2, 0) is 4.79 Å². The van der Waals surface area contributed by atoms with Crippen LogP contribution in [0.5, 0.6) is 0 Å². The largest absolute Gasteiger partial charge is 0.481 e. The average Bonchev–Trinajstić information content (AvgIpc) is 2.14. The fourth-order valence-electron chi connectivity index (χ4n) is 1.54. The standard InChI is InChI=1S/C11H17F5O2/c1-8(4-2-5-9(17)18)10(12,13)6-3-7-11(14,15)16/h8H,2-7H2,1H3,(H,17,18). The van der Waals surface area contributed by atoms with E-state index in [4.69, 9.17) is 5.11 Å². The molecule has 1 unspecified atom stereocenters. The van der Waals surface area contributed by atoms with Crippen LogP contribution in [0.15, 0.2) is 0 Å². The van der Waals surface area contributed by atoms with Gasteiger partial charge >= 0.3 is 12.1 Å². The number of carboxylic acids is 1. The number of alkyl halides is 5. The molecule has 18 heavy (non-hydrogen) atoms. The van der Waals surface area contributed by atoms with E-state index < -0.39 is 43.2 Å². The second-order valence-corrected chi connectivity index (χ2v) is 4.42. The number of carboxylic acid groups (broad SMARTS) is 1. The summed E-state index contributed by atoms with van der Waals surface area (Å²) < 4.78 is 62.2. The molecular weight excluding hydrogens is 259 g/mol. The molecule has 7 heteroatoms. The van der Waals surface area contributed by atoms with Crippen LogP contribution in [0, 0.1) is 5.92 Å². The molecule has 0 aromatic rings. The zero-order chi connectivity index (χ0) is 14.4. The molecule has 0 saturated carbocycles. The summed E-state index contributed by atoms with van der Waals surface area (Å²) in [4.78, 5) is 10.2. The van der Waals surface area contributed by atoms with Crippen molar-refractivity contribution in [2.75, 3.05) is 0 Å². The van der Waals surface area contributed by atoms with Gasteiger partial charge in [0.1, 0.15) is 0 Å². The van der Waals surface area contributed by atoms with E-state index >= 15 is 0 Å². The summed E-state index contributed by atoms with van der Waals surface area (Å²) >= 11 is 0. The van der Waals surface area contributed by atoms with Crippen LogP contribution >= 0.6 is 0 Å². The Labute approximate surface area is 102 Å². The van der Waals surface area contributed by atoms with Crippen molar-refractivity contribution in [3.63, 3.8) is 0 Å². The van der Waals surface area contributed by atoms with Gasteiger partial charge in [0, 0.05) is 25.2 Å². The highest BCUT2D eigenvalue weighted by atomic mass is 19.4. The van der Waals surface area contributed by atoms with Crippen molar-refractivity contribution in [3.8, 4) is 0 Å². The molecular formula is C11H17F5O2. The van der Waals surface area contributed by atoms with Crippen LogP contribution < -0.4 is 0 Å². The van der Waals surface area contributed by atoms with Gasteiger partial charge < -0.3 is 5.11 Å². The van der Waals surface area contributed by atoms with Gasteiger partial charge in [-0.15, -0.1) is 0 Å². The first-order valence-corrected chi connectivity index (χ1v) is 5.71. The van der Waals surface area contributed by atoms with Crippen LogP contribution in [0.2, 0.25) is 0 Å². The fraction of sp³-hybridized carbons (Fsp3) is 0.909. The Hall–Kier alpha value is -0.880. The molecule has 0 aromatic carbocycles. The van der Waals surface area contributed by atoms with Gasteiger partial charge in [-0.3, -0.25) is 4.79 Å². The Morgan fingerprint density at radius 2 is 1.67 bits per heavy atom. The van der Waals surface area contributed by atoms with E-state index in [1.54, 1.807) is 0 Å². The quantitative estimate of drug-likeness (QED) is 0.673. The molecule has 0 rings (SSSR count). The molecule has 0 fully saturated rings. The smallest absolute Gasteiger partial charge is 0.389 e. The highest BCUT2D eigenvalue weighted by Crippen LogP contribution is 2.35. The summed E-state index contributed by atoms with van der Waals surface area (Å²) in [5.74, 6) is -5.35. The average molecular weight is 276 g/mol. The Bertz CT molecular complexity index is 263. The Kier molecular flexibility index (Phi) is 6.56. The van der Waals surface area contributed by atoms with Crippen molar-refractivity contribution in [1.29, 1.82) is 0 Å². The maximum Gasteiger partial charge on any atom is 0.389 e. The lowest BCUT2D eigenvalue weighted by Crippen LogP contribution is -2.26. The molecule has 0 aliphatic carbocycles. The van der Waals surface area contributed by atoms with Gasteiger partial charge in [0.05, 0.1) is 0 Å². The molecule has 0 spiro atoms. The van der Waals surface area contributed by atoms with Gasteiger partial charge in [-0.05, 0) is 19.3 Å². The van der Waals surface area contributed by atoms with E-state index in [2.05, 4.69) is 0 Å². The molecule has 0 aliphatic heterocycles. The van der Waals surface area contributed by atoms with E-state index in [0.717, 1.165) is 0 Å². The van der Waals surface area contributed by atoms with Crippen LogP contribution in [0.1, 0.15) is 45.4 Å². The maximum absolute atomic E-state index is 13.4. The van der Waals surface area contributed by atoms with Gasteiger partial charge in [-0.1, -0.05) is 6.92 Å². The molecule has 0 aliphatic rings. The van der Waals surface area contributed by atoms with Crippen LogP contribution in [0.25, 0.3) is 0 Å². The first-order chi connectivity index (χ1) is 8.04. The minimum absolute atomic E-state index is 0.00861. The molecule has 1 atom stereocenters. The Morgan fingerprint density at radius 3 is 2.11 bits per heavy atom. The lowest BCUT2D eigenvalue weighted by molar-refractivity contribution is -0.142. The first kappa shape index (κ1) is 17.1. The topological polar surface area (TPSA) is 37.3 Å². The third-order valence-electron chi connectivity index (χ3n) is 2.72. The molecule has 0 bridgehead atoms. The molecule has 0 amide bonds.